The van der Waals surface area contributed by atoms with Crippen LogP contribution in [0.1, 0.15) is 29.7 Å². The molecule has 146 valence electrons. The summed E-state index contributed by atoms with van der Waals surface area (Å²) in [4.78, 5) is 14.8. The second-order valence-electron chi connectivity index (χ2n) is 7.29. The fourth-order valence-corrected chi connectivity index (χ4v) is 3.73. The Morgan fingerprint density at radius 2 is 2.00 bits per heavy atom. The minimum absolute atomic E-state index is 0.0987. The first kappa shape index (κ1) is 19.1. The SMILES string of the molecule is COc1cc(NC(=O)NC2CCCN(c3cc(C)nn3C)C2)c(C)cc1C. The zero-order valence-electron chi connectivity index (χ0n) is 16.8. The third-order valence-corrected chi connectivity index (χ3v) is 5.05. The van der Waals surface area contributed by atoms with Crippen LogP contribution in [0, 0.1) is 20.8 Å². The quantitative estimate of drug-likeness (QED) is 0.866. The van der Waals surface area contributed by atoms with E-state index in [2.05, 4.69) is 26.7 Å². The van der Waals surface area contributed by atoms with Crippen molar-refractivity contribution in [2.24, 2.45) is 7.05 Å². The molecule has 1 fully saturated rings. The number of carbonyl (C=O) groups excluding carboxylic acids is 1. The van der Waals surface area contributed by atoms with Gasteiger partial charge in [-0.05, 0) is 44.7 Å². The smallest absolute Gasteiger partial charge is 0.319 e. The molecule has 27 heavy (non-hydrogen) atoms. The molecule has 2 heterocycles. The van der Waals surface area contributed by atoms with Crippen molar-refractivity contribution in [2.75, 3.05) is 30.4 Å². The van der Waals surface area contributed by atoms with Gasteiger partial charge in [-0.3, -0.25) is 4.68 Å². The van der Waals surface area contributed by atoms with Crippen molar-refractivity contribution >= 4 is 17.5 Å². The van der Waals surface area contributed by atoms with Gasteiger partial charge in [0.15, 0.2) is 0 Å². The number of methoxy groups -OCH3 is 1. The van der Waals surface area contributed by atoms with Crippen molar-refractivity contribution in [2.45, 2.75) is 39.7 Å². The molecule has 1 aromatic heterocycles. The molecule has 2 aromatic rings. The van der Waals surface area contributed by atoms with Gasteiger partial charge in [0.1, 0.15) is 11.6 Å². The van der Waals surface area contributed by atoms with Crippen LogP contribution < -0.4 is 20.3 Å². The molecule has 1 unspecified atom stereocenters. The number of nitrogens with zero attached hydrogens (tertiary/aromatic N) is 3. The van der Waals surface area contributed by atoms with E-state index in [1.807, 2.05) is 44.6 Å². The topological polar surface area (TPSA) is 71.4 Å². The van der Waals surface area contributed by atoms with Gasteiger partial charge in [-0.1, -0.05) is 6.07 Å². The number of piperidine rings is 1. The highest BCUT2D eigenvalue weighted by Gasteiger charge is 2.23. The Hall–Kier alpha value is -2.70. The van der Waals surface area contributed by atoms with E-state index >= 15 is 0 Å². The fraction of sp³-hybridized carbons (Fsp3) is 0.500. The summed E-state index contributed by atoms with van der Waals surface area (Å²) in [6, 6.07) is 5.89. The van der Waals surface area contributed by atoms with Crippen LogP contribution in [-0.4, -0.2) is 42.1 Å². The third-order valence-electron chi connectivity index (χ3n) is 5.05. The summed E-state index contributed by atoms with van der Waals surface area (Å²) in [5.74, 6) is 1.87. The van der Waals surface area contributed by atoms with Crippen LogP contribution in [0.5, 0.6) is 5.75 Å². The van der Waals surface area contributed by atoms with E-state index < -0.39 is 0 Å². The number of hydrogen-bond acceptors (Lipinski definition) is 4. The predicted octanol–water partition coefficient (Wildman–Crippen LogP) is 3.14. The third kappa shape index (κ3) is 4.35. The number of amides is 2. The maximum absolute atomic E-state index is 12.5. The lowest BCUT2D eigenvalue weighted by atomic mass is 10.1. The Labute approximate surface area is 160 Å². The molecule has 1 aliphatic rings. The molecule has 2 N–H and O–H groups in total. The molecule has 2 amide bonds. The summed E-state index contributed by atoms with van der Waals surface area (Å²) < 4.78 is 7.26. The summed E-state index contributed by atoms with van der Waals surface area (Å²) in [6.45, 7) is 7.73. The molecule has 0 aliphatic carbocycles. The first-order valence-electron chi connectivity index (χ1n) is 9.35. The largest absolute Gasteiger partial charge is 0.496 e. The number of ether oxygens (including phenoxy) is 1. The Bertz CT molecular complexity index is 830. The average Bonchev–Trinajstić information content (AvgIpc) is 2.96. The summed E-state index contributed by atoms with van der Waals surface area (Å²) in [7, 11) is 3.60. The molecule has 0 radical (unpaired) electrons. The number of hydrogen-bond donors (Lipinski definition) is 2. The zero-order chi connectivity index (χ0) is 19.6. The van der Waals surface area contributed by atoms with Crippen molar-refractivity contribution in [3.8, 4) is 5.75 Å². The molecular formula is C20H29N5O2. The molecule has 7 heteroatoms. The number of rotatable bonds is 4. The van der Waals surface area contributed by atoms with Crippen LogP contribution in [0.2, 0.25) is 0 Å². The molecule has 1 aromatic carbocycles. The van der Waals surface area contributed by atoms with E-state index in [1.165, 1.54) is 0 Å². The molecule has 7 nitrogen and oxygen atoms in total. The first-order chi connectivity index (χ1) is 12.9. The van der Waals surface area contributed by atoms with Gasteiger partial charge in [0.25, 0.3) is 0 Å². The number of aryl methyl sites for hydroxylation is 4. The molecule has 1 aliphatic heterocycles. The van der Waals surface area contributed by atoms with Gasteiger partial charge >= 0.3 is 6.03 Å². The second kappa shape index (κ2) is 7.90. The van der Waals surface area contributed by atoms with Gasteiger partial charge < -0.3 is 20.3 Å². The molecule has 0 saturated carbocycles. The van der Waals surface area contributed by atoms with Crippen molar-refractivity contribution in [1.82, 2.24) is 15.1 Å². The van der Waals surface area contributed by atoms with E-state index in [9.17, 15) is 4.79 Å². The van der Waals surface area contributed by atoms with Crippen LogP contribution >= 0.6 is 0 Å². The van der Waals surface area contributed by atoms with Crippen molar-refractivity contribution < 1.29 is 9.53 Å². The van der Waals surface area contributed by atoms with Crippen molar-refractivity contribution in [3.63, 3.8) is 0 Å². The van der Waals surface area contributed by atoms with Gasteiger partial charge in [-0.15, -0.1) is 0 Å². The maximum Gasteiger partial charge on any atom is 0.319 e. The number of aromatic nitrogens is 2. The Morgan fingerprint density at radius 1 is 1.22 bits per heavy atom. The normalized spacial score (nSPS) is 16.9. The lowest BCUT2D eigenvalue weighted by molar-refractivity contribution is 0.246. The number of benzene rings is 1. The predicted molar refractivity (Wildman–Crippen MR) is 108 cm³/mol. The monoisotopic (exact) mass is 371 g/mol. The van der Waals surface area contributed by atoms with Gasteiger partial charge in [0, 0.05) is 44.0 Å². The van der Waals surface area contributed by atoms with Crippen LogP contribution in [-0.2, 0) is 7.05 Å². The van der Waals surface area contributed by atoms with Crippen molar-refractivity contribution in [3.05, 3.63) is 35.0 Å². The minimum Gasteiger partial charge on any atom is -0.496 e. The van der Waals surface area contributed by atoms with E-state index in [4.69, 9.17) is 4.74 Å². The fourth-order valence-electron chi connectivity index (χ4n) is 3.73. The molecule has 1 atom stereocenters. The van der Waals surface area contributed by atoms with E-state index in [0.29, 0.717) is 0 Å². The number of nitrogens with one attached hydrogen (secondary N) is 2. The summed E-state index contributed by atoms with van der Waals surface area (Å²) in [6.07, 6.45) is 2.00. The lowest BCUT2D eigenvalue weighted by Gasteiger charge is -2.34. The van der Waals surface area contributed by atoms with Crippen molar-refractivity contribution in [1.29, 1.82) is 0 Å². The van der Waals surface area contributed by atoms with Gasteiger partial charge in [0.05, 0.1) is 12.8 Å². The minimum atomic E-state index is -0.183. The summed E-state index contributed by atoms with van der Waals surface area (Å²) in [5, 5.41) is 10.5. The Morgan fingerprint density at radius 3 is 2.67 bits per heavy atom. The zero-order valence-corrected chi connectivity index (χ0v) is 16.8. The molecule has 0 bridgehead atoms. The van der Waals surface area contributed by atoms with Gasteiger partial charge in [-0.2, -0.15) is 5.10 Å². The highest BCUT2D eigenvalue weighted by Crippen LogP contribution is 2.26. The number of anilines is 2. The average molecular weight is 371 g/mol. The van der Waals surface area contributed by atoms with E-state index in [0.717, 1.165) is 60.0 Å². The van der Waals surface area contributed by atoms with Gasteiger partial charge in [-0.25, -0.2) is 4.79 Å². The molecular weight excluding hydrogens is 342 g/mol. The molecule has 0 spiro atoms. The summed E-state index contributed by atoms with van der Waals surface area (Å²) >= 11 is 0. The summed E-state index contributed by atoms with van der Waals surface area (Å²) in [5.41, 5.74) is 3.84. The Balaban J connectivity index is 1.63. The molecule has 1 saturated heterocycles. The first-order valence-corrected chi connectivity index (χ1v) is 9.35. The van der Waals surface area contributed by atoms with Crippen LogP contribution in [0.4, 0.5) is 16.3 Å². The van der Waals surface area contributed by atoms with Crippen LogP contribution in [0.25, 0.3) is 0 Å². The highest BCUT2D eigenvalue weighted by atomic mass is 16.5. The van der Waals surface area contributed by atoms with Crippen LogP contribution in [0.3, 0.4) is 0 Å². The van der Waals surface area contributed by atoms with Gasteiger partial charge in [0.2, 0.25) is 0 Å². The van der Waals surface area contributed by atoms with E-state index in [-0.39, 0.29) is 12.1 Å². The highest BCUT2D eigenvalue weighted by molar-refractivity contribution is 5.90. The van der Waals surface area contributed by atoms with Crippen LogP contribution in [0.15, 0.2) is 18.2 Å². The number of carbonyl (C=O) groups is 1. The lowest BCUT2D eigenvalue weighted by Crippen LogP contribution is -2.49. The maximum atomic E-state index is 12.5. The standard InChI is InChI=1S/C20H29N5O2/c1-13-9-14(2)18(27-5)11-17(13)22-20(26)21-16-7-6-8-25(12-16)19-10-15(3)23-24(19)4/h9-11,16H,6-8,12H2,1-5H3,(H2,21,22,26). The number of urea groups is 1. The Kier molecular flexibility index (Phi) is 5.58. The second-order valence-corrected chi connectivity index (χ2v) is 7.29. The van der Waals surface area contributed by atoms with E-state index in [1.54, 1.807) is 7.11 Å². The molecule has 3 rings (SSSR count).